The first kappa shape index (κ1) is 19.4. The fourth-order valence-electron chi connectivity index (χ4n) is 2.91. The van der Waals surface area contributed by atoms with Crippen LogP contribution in [0.2, 0.25) is 5.02 Å². The number of nitrogens with zero attached hydrogens (tertiary/aromatic N) is 3. The van der Waals surface area contributed by atoms with E-state index in [1.165, 1.54) is 11.3 Å². The van der Waals surface area contributed by atoms with Crippen LogP contribution in [0.5, 0.6) is 5.75 Å². The Kier molecular flexibility index (Phi) is 5.74. The van der Waals surface area contributed by atoms with Crippen LogP contribution < -0.4 is 9.64 Å². The minimum atomic E-state index is -0.192. The fourth-order valence-corrected chi connectivity index (χ4v) is 4.35. The van der Waals surface area contributed by atoms with E-state index in [-0.39, 0.29) is 12.5 Å². The molecule has 4 rings (SSSR count). The van der Waals surface area contributed by atoms with E-state index in [9.17, 15) is 4.79 Å². The number of aryl methyl sites for hydroxylation is 1. The number of thiazole rings is 1. The number of carbonyl (C=O) groups is 1. The molecule has 0 bridgehead atoms. The molecule has 0 N–H and O–H groups in total. The van der Waals surface area contributed by atoms with Crippen LogP contribution in [0.4, 0.5) is 5.13 Å². The van der Waals surface area contributed by atoms with Gasteiger partial charge in [-0.15, -0.1) is 0 Å². The minimum absolute atomic E-state index is 0.0908. The maximum Gasteiger partial charge on any atom is 0.267 e. The second-order valence-electron chi connectivity index (χ2n) is 6.47. The second-order valence-corrected chi connectivity index (χ2v) is 7.91. The lowest BCUT2D eigenvalue weighted by Gasteiger charge is -2.19. The number of ether oxygens (including phenoxy) is 1. The molecular formula is C22H18ClN3O2S. The van der Waals surface area contributed by atoms with Crippen LogP contribution in [0.1, 0.15) is 11.3 Å². The van der Waals surface area contributed by atoms with Gasteiger partial charge in [-0.05, 0) is 48.9 Å². The topological polar surface area (TPSA) is 55.3 Å². The van der Waals surface area contributed by atoms with Crippen molar-refractivity contribution in [2.24, 2.45) is 0 Å². The number of anilines is 1. The average Bonchev–Trinajstić information content (AvgIpc) is 3.16. The lowest BCUT2D eigenvalue weighted by molar-refractivity contribution is -0.120. The van der Waals surface area contributed by atoms with Gasteiger partial charge >= 0.3 is 0 Å². The summed E-state index contributed by atoms with van der Waals surface area (Å²) in [6.07, 6.45) is 1.71. The molecule has 0 aliphatic rings. The van der Waals surface area contributed by atoms with E-state index in [1.54, 1.807) is 11.1 Å². The molecule has 0 aliphatic carbocycles. The van der Waals surface area contributed by atoms with Gasteiger partial charge in [-0.1, -0.05) is 47.2 Å². The van der Waals surface area contributed by atoms with Crippen LogP contribution >= 0.6 is 22.9 Å². The smallest absolute Gasteiger partial charge is 0.267 e. The van der Waals surface area contributed by atoms with Crippen molar-refractivity contribution in [2.45, 2.75) is 13.5 Å². The zero-order valence-electron chi connectivity index (χ0n) is 15.7. The minimum Gasteiger partial charge on any atom is -0.484 e. The van der Waals surface area contributed by atoms with Gasteiger partial charge in [0.25, 0.3) is 5.91 Å². The van der Waals surface area contributed by atoms with Gasteiger partial charge in [-0.3, -0.25) is 14.7 Å². The molecule has 0 unspecified atom stereocenters. The summed E-state index contributed by atoms with van der Waals surface area (Å²) >= 11 is 7.62. The summed E-state index contributed by atoms with van der Waals surface area (Å²) in [5.74, 6) is 0.452. The van der Waals surface area contributed by atoms with Crippen molar-refractivity contribution in [1.82, 2.24) is 9.97 Å². The highest BCUT2D eigenvalue weighted by Gasteiger charge is 2.22. The third-order valence-corrected chi connectivity index (χ3v) is 5.57. The van der Waals surface area contributed by atoms with Gasteiger partial charge in [-0.25, -0.2) is 4.98 Å². The van der Waals surface area contributed by atoms with Crippen molar-refractivity contribution < 1.29 is 9.53 Å². The molecule has 29 heavy (non-hydrogen) atoms. The first-order valence-corrected chi connectivity index (χ1v) is 10.2. The molecule has 146 valence electrons. The Bertz CT molecular complexity index is 1130. The Hall–Kier alpha value is -2.96. The van der Waals surface area contributed by atoms with Gasteiger partial charge in [0.05, 0.1) is 22.5 Å². The van der Waals surface area contributed by atoms with Gasteiger partial charge in [0.15, 0.2) is 11.7 Å². The number of amides is 1. The number of hydrogen-bond acceptors (Lipinski definition) is 5. The number of halogens is 1. The maximum atomic E-state index is 13.1. The standard InChI is InChI=1S/C22H18ClN3O2S/c1-15-11-16(23)12-19-21(15)25-22(29-19)26(13-17-7-5-6-10-24-17)20(27)14-28-18-8-3-2-4-9-18/h2-12H,13-14H2,1H3. The van der Waals surface area contributed by atoms with Gasteiger partial charge in [-0.2, -0.15) is 0 Å². The zero-order chi connectivity index (χ0) is 20.2. The summed E-state index contributed by atoms with van der Waals surface area (Å²) in [7, 11) is 0. The van der Waals surface area contributed by atoms with E-state index in [2.05, 4.69) is 4.98 Å². The summed E-state index contributed by atoms with van der Waals surface area (Å²) in [5.41, 5.74) is 2.59. The summed E-state index contributed by atoms with van der Waals surface area (Å²) in [5, 5.41) is 1.25. The van der Waals surface area contributed by atoms with Crippen LogP contribution in [0.25, 0.3) is 10.2 Å². The number of aromatic nitrogens is 2. The molecule has 5 nitrogen and oxygen atoms in total. The first-order chi connectivity index (χ1) is 14.1. The van der Waals surface area contributed by atoms with Gasteiger partial charge < -0.3 is 4.74 Å². The van der Waals surface area contributed by atoms with Crippen molar-refractivity contribution in [2.75, 3.05) is 11.5 Å². The molecule has 1 amide bonds. The monoisotopic (exact) mass is 423 g/mol. The van der Waals surface area contributed by atoms with E-state index in [1.807, 2.05) is 67.6 Å². The number of pyridine rings is 1. The number of para-hydroxylation sites is 1. The normalized spacial score (nSPS) is 10.8. The Morgan fingerprint density at radius 2 is 1.93 bits per heavy atom. The molecule has 0 spiro atoms. The predicted molar refractivity (Wildman–Crippen MR) is 117 cm³/mol. The van der Waals surface area contributed by atoms with Crippen molar-refractivity contribution >= 4 is 44.2 Å². The molecule has 7 heteroatoms. The van der Waals surface area contributed by atoms with Crippen LogP contribution in [0, 0.1) is 6.92 Å². The summed E-state index contributed by atoms with van der Waals surface area (Å²) in [6, 6.07) is 18.6. The molecule has 4 aromatic rings. The average molecular weight is 424 g/mol. The molecule has 0 atom stereocenters. The molecule has 2 aromatic carbocycles. The van der Waals surface area contributed by atoms with Crippen LogP contribution in [0.15, 0.2) is 66.9 Å². The number of benzene rings is 2. The third-order valence-electron chi connectivity index (χ3n) is 4.32. The van der Waals surface area contributed by atoms with Crippen LogP contribution in [0.3, 0.4) is 0 Å². The van der Waals surface area contributed by atoms with Crippen LogP contribution in [-0.4, -0.2) is 22.5 Å². The Morgan fingerprint density at radius 1 is 1.14 bits per heavy atom. The molecule has 2 heterocycles. The van der Waals surface area contributed by atoms with Crippen molar-refractivity contribution in [3.05, 3.63) is 83.1 Å². The van der Waals surface area contributed by atoms with E-state index in [0.29, 0.717) is 22.4 Å². The first-order valence-electron chi connectivity index (χ1n) is 9.05. The van der Waals surface area contributed by atoms with E-state index in [4.69, 9.17) is 21.3 Å². The predicted octanol–water partition coefficient (Wildman–Crippen LogP) is 5.27. The SMILES string of the molecule is Cc1cc(Cl)cc2sc(N(Cc3ccccn3)C(=O)COc3ccccc3)nc12. The number of rotatable bonds is 6. The molecule has 0 fully saturated rings. The van der Waals surface area contributed by atoms with Crippen molar-refractivity contribution in [1.29, 1.82) is 0 Å². The number of carbonyl (C=O) groups excluding carboxylic acids is 1. The summed E-state index contributed by atoms with van der Waals surface area (Å²) < 4.78 is 6.61. The lowest BCUT2D eigenvalue weighted by Crippen LogP contribution is -2.34. The second kappa shape index (κ2) is 8.59. The zero-order valence-corrected chi connectivity index (χ0v) is 17.3. The van der Waals surface area contributed by atoms with Gasteiger partial charge in [0.1, 0.15) is 5.75 Å². The van der Waals surface area contributed by atoms with E-state index < -0.39 is 0 Å². The molecule has 0 aliphatic heterocycles. The highest BCUT2D eigenvalue weighted by Crippen LogP contribution is 2.33. The lowest BCUT2D eigenvalue weighted by atomic mass is 10.2. The molecule has 2 aromatic heterocycles. The highest BCUT2D eigenvalue weighted by atomic mass is 35.5. The van der Waals surface area contributed by atoms with E-state index in [0.717, 1.165) is 21.5 Å². The quantitative estimate of drug-likeness (QED) is 0.424. The van der Waals surface area contributed by atoms with Gasteiger partial charge in [0.2, 0.25) is 0 Å². The van der Waals surface area contributed by atoms with Crippen molar-refractivity contribution in [3.8, 4) is 5.75 Å². The Labute approximate surface area is 177 Å². The fraction of sp³-hybridized carbons (Fsp3) is 0.136. The maximum absolute atomic E-state index is 13.1. The Morgan fingerprint density at radius 3 is 2.69 bits per heavy atom. The Balaban J connectivity index is 1.64. The summed E-state index contributed by atoms with van der Waals surface area (Å²) in [4.78, 5) is 23.7. The number of fused-ring (bicyclic) bond motifs is 1. The molecule has 0 radical (unpaired) electrons. The molecular weight excluding hydrogens is 406 g/mol. The molecule has 0 saturated heterocycles. The third kappa shape index (κ3) is 4.55. The highest BCUT2D eigenvalue weighted by molar-refractivity contribution is 7.22. The van der Waals surface area contributed by atoms with Gasteiger partial charge in [0, 0.05) is 11.2 Å². The van der Waals surface area contributed by atoms with Crippen molar-refractivity contribution in [3.63, 3.8) is 0 Å². The summed E-state index contributed by atoms with van der Waals surface area (Å²) in [6.45, 7) is 2.18. The van der Waals surface area contributed by atoms with E-state index >= 15 is 0 Å². The number of hydrogen-bond donors (Lipinski definition) is 0. The largest absolute Gasteiger partial charge is 0.484 e. The van der Waals surface area contributed by atoms with Crippen LogP contribution in [-0.2, 0) is 11.3 Å². The molecule has 0 saturated carbocycles.